The fourth-order valence-electron chi connectivity index (χ4n) is 3.13. The summed E-state index contributed by atoms with van der Waals surface area (Å²) in [6.45, 7) is 2.15. The summed E-state index contributed by atoms with van der Waals surface area (Å²) in [7, 11) is 0. The summed E-state index contributed by atoms with van der Waals surface area (Å²) < 4.78 is 20.7. The Balaban J connectivity index is 1.55. The number of para-hydroxylation sites is 1. The highest BCUT2D eigenvalue weighted by Crippen LogP contribution is 2.34. The molecule has 0 aliphatic carbocycles. The standard InChI is InChI=1S/C24H17BrFIN2O2/c1-15-20(24(30)29(28-15)19-5-3-2-4-6-19)11-17-12-21(25)23(22(27)13-17)31-14-16-7-9-18(26)10-8-16/h2-13H,14H2,1H3/b20-11+. The molecular weight excluding hydrogens is 574 g/mol. The molecule has 1 amide bonds. The van der Waals surface area contributed by atoms with E-state index in [1.54, 1.807) is 12.1 Å². The summed E-state index contributed by atoms with van der Waals surface area (Å²) in [5.41, 5.74) is 3.68. The quantitative estimate of drug-likeness (QED) is 0.249. The molecule has 0 radical (unpaired) electrons. The molecule has 4 rings (SSSR count). The lowest BCUT2D eigenvalue weighted by atomic mass is 10.1. The lowest BCUT2D eigenvalue weighted by Crippen LogP contribution is -2.21. The third kappa shape index (κ3) is 4.88. The summed E-state index contributed by atoms with van der Waals surface area (Å²) in [6, 6.07) is 19.4. The fraction of sp³-hybridized carbons (Fsp3) is 0.0833. The molecular formula is C24H17BrFIN2O2. The lowest BCUT2D eigenvalue weighted by Gasteiger charge is -2.12. The Morgan fingerprint density at radius 3 is 2.52 bits per heavy atom. The average molecular weight is 591 g/mol. The number of ether oxygens (including phenoxy) is 1. The Morgan fingerprint density at radius 1 is 1.13 bits per heavy atom. The third-order valence-electron chi connectivity index (χ3n) is 4.69. The number of nitrogens with zero attached hydrogens (tertiary/aromatic N) is 2. The van der Waals surface area contributed by atoms with Crippen molar-refractivity contribution in [2.45, 2.75) is 13.5 Å². The summed E-state index contributed by atoms with van der Waals surface area (Å²) in [6.07, 6.45) is 1.83. The topological polar surface area (TPSA) is 41.9 Å². The van der Waals surface area contributed by atoms with Gasteiger partial charge in [0.15, 0.2) is 0 Å². The molecule has 0 fully saturated rings. The molecule has 0 saturated heterocycles. The van der Waals surface area contributed by atoms with Crippen LogP contribution in [0.1, 0.15) is 18.1 Å². The van der Waals surface area contributed by atoms with Crippen molar-refractivity contribution >= 4 is 61.9 Å². The van der Waals surface area contributed by atoms with E-state index in [-0.39, 0.29) is 11.7 Å². The highest BCUT2D eigenvalue weighted by atomic mass is 127. The molecule has 0 aromatic heterocycles. The van der Waals surface area contributed by atoms with E-state index in [1.807, 2.05) is 55.5 Å². The maximum absolute atomic E-state index is 13.1. The van der Waals surface area contributed by atoms with Crippen LogP contribution in [0.2, 0.25) is 0 Å². The second-order valence-electron chi connectivity index (χ2n) is 6.92. The van der Waals surface area contributed by atoms with Gasteiger partial charge in [0.25, 0.3) is 5.91 Å². The minimum atomic E-state index is -0.275. The largest absolute Gasteiger partial charge is 0.487 e. The molecule has 3 aromatic carbocycles. The Hall–Kier alpha value is -2.52. The van der Waals surface area contributed by atoms with E-state index in [2.05, 4.69) is 43.6 Å². The first-order chi connectivity index (χ1) is 14.9. The lowest BCUT2D eigenvalue weighted by molar-refractivity contribution is -0.114. The van der Waals surface area contributed by atoms with Gasteiger partial charge in [-0.25, -0.2) is 4.39 Å². The van der Waals surface area contributed by atoms with Gasteiger partial charge in [0, 0.05) is 0 Å². The molecule has 1 aliphatic rings. The molecule has 4 nitrogen and oxygen atoms in total. The first-order valence-electron chi connectivity index (χ1n) is 9.45. The van der Waals surface area contributed by atoms with Gasteiger partial charge in [-0.1, -0.05) is 30.3 Å². The van der Waals surface area contributed by atoms with E-state index < -0.39 is 0 Å². The number of carbonyl (C=O) groups excluding carboxylic acids is 1. The Labute approximate surface area is 201 Å². The van der Waals surface area contributed by atoms with E-state index >= 15 is 0 Å². The Morgan fingerprint density at radius 2 is 1.84 bits per heavy atom. The number of anilines is 1. The van der Waals surface area contributed by atoms with Gasteiger partial charge in [-0.15, -0.1) is 0 Å². The van der Waals surface area contributed by atoms with Gasteiger partial charge in [-0.05, 0) is 99.0 Å². The summed E-state index contributed by atoms with van der Waals surface area (Å²) in [4.78, 5) is 12.9. The molecule has 0 N–H and O–H groups in total. The number of hydrazone groups is 1. The van der Waals surface area contributed by atoms with Crippen molar-refractivity contribution in [2.75, 3.05) is 5.01 Å². The zero-order valence-electron chi connectivity index (χ0n) is 16.5. The first-order valence-corrected chi connectivity index (χ1v) is 11.3. The van der Waals surface area contributed by atoms with Crippen molar-refractivity contribution in [1.29, 1.82) is 0 Å². The van der Waals surface area contributed by atoms with Crippen molar-refractivity contribution in [3.05, 3.63) is 97.3 Å². The SMILES string of the molecule is CC1=NN(c2ccccc2)C(=O)/C1=C/c1cc(Br)c(OCc2ccc(F)cc2)c(I)c1. The van der Waals surface area contributed by atoms with Crippen molar-refractivity contribution < 1.29 is 13.9 Å². The van der Waals surface area contributed by atoms with Crippen LogP contribution in [0.5, 0.6) is 5.75 Å². The van der Waals surface area contributed by atoms with Crippen molar-refractivity contribution in [1.82, 2.24) is 0 Å². The molecule has 0 saturated carbocycles. The van der Waals surface area contributed by atoms with Crippen molar-refractivity contribution in [3.63, 3.8) is 0 Å². The minimum absolute atomic E-state index is 0.161. The minimum Gasteiger partial charge on any atom is -0.487 e. The molecule has 1 heterocycles. The monoisotopic (exact) mass is 590 g/mol. The number of benzene rings is 3. The molecule has 0 bridgehead atoms. The molecule has 0 spiro atoms. The number of amides is 1. The second kappa shape index (κ2) is 9.32. The van der Waals surface area contributed by atoms with Gasteiger partial charge in [0.2, 0.25) is 0 Å². The zero-order valence-corrected chi connectivity index (χ0v) is 20.2. The molecule has 31 heavy (non-hydrogen) atoms. The predicted molar refractivity (Wildman–Crippen MR) is 133 cm³/mol. The van der Waals surface area contributed by atoms with Crippen LogP contribution in [0, 0.1) is 9.39 Å². The van der Waals surface area contributed by atoms with Gasteiger partial charge >= 0.3 is 0 Å². The number of rotatable bonds is 5. The van der Waals surface area contributed by atoms with Gasteiger partial charge in [-0.2, -0.15) is 10.1 Å². The molecule has 3 aromatic rings. The zero-order chi connectivity index (χ0) is 22.0. The predicted octanol–water partition coefficient (Wildman–Crippen LogP) is 6.58. The van der Waals surface area contributed by atoms with Crippen molar-refractivity contribution in [3.8, 4) is 5.75 Å². The van der Waals surface area contributed by atoms with Crippen LogP contribution in [-0.4, -0.2) is 11.6 Å². The molecule has 0 atom stereocenters. The summed E-state index contributed by atoms with van der Waals surface area (Å²) in [5, 5.41) is 5.83. The number of hydrogen-bond acceptors (Lipinski definition) is 3. The maximum Gasteiger partial charge on any atom is 0.280 e. The highest BCUT2D eigenvalue weighted by Gasteiger charge is 2.28. The molecule has 1 aliphatic heterocycles. The van der Waals surface area contributed by atoms with E-state index in [4.69, 9.17) is 4.74 Å². The smallest absolute Gasteiger partial charge is 0.280 e. The number of carbonyl (C=O) groups is 1. The van der Waals surface area contributed by atoms with Crippen LogP contribution in [0.4, 0.5) is 10.1 Å². The van der Waals surface area contributed by atoms with Crippen LogP contribution < -0.4 is 9.75 Å². The number of halogens is 3. The maximum atomic E-state index is 13.1. The van der Waals surface area contributed by atoms with E-state index in [1.165, 1.54) is 17.1 Å². The second-order valence-corrected chi connectivity index (χ2v) is 8.94. The van der Waals surface area contributed by atoms with Gasteiger partial charge in [-0.3, -0.25) is 4.79 Å². The Bertz CT molecular complexity index is 1170. The van der Waals surface area contributed by atoms with E-state index in [9.17, 15) is 9.18 Å². The normalized spacial score (nSPS) is 14.8. The highest BCUT2D eigenvalue weighted by molar-refractivity contribution is 14.1. The molecule has 0 unspecified atom stereocenters. The number of hydrogen-bond donors (Lipinski definition) is 0. The van der Waals surface area contributed by atoms with Crippen LogP contribution in [-0.2, 0) is 11.4 Å². The van der Waals surface area contributed by atoms with Gasteiger partial charge in [0.05, 0.1) is 25.0 Å². The van der Waals surface area contributed by atoms with E-state index in [0.717, 1.165) is 24.9 Å². The molecule has 156 valence electrons. The fourth-order valence-corrected chi connectivity index (χ4v) is 4.90. The first kappa shape index (κ1) is 21.7. The van der Waals surface area contributed by atoms with Crippen LogP contribution in [0.3, 0.4) is 0 Å². The van der Waals surface area contributed by atoms with Crippen molar-refractivity contribution in [2.24, 2.45) is 5.10 Å². The Kier molecular flexibility index (Phi) is 6.52. The van der Waals surface area contributed by atoms with Crippen LogP contribution >= 0.6 is 38.5 Å². The average Bonchev–Trinajstić information content (AvgIpc) is 3.03. The van der Waals surface area contributed by atoms with E-state index in [0.29, 0.717) is 23.6 Å². The summed E-state index contributed by atoms with van der Waals surface area (Å²) >= 11 is 5.77. The van der Waals surface area contributed by atoms with Crippen LogP contribution in [0.25, 0.3) is 6.08 Å². The van der Waals surface area contributed by atoms with Crippen LogP contribution in [0.15, 0.2) is 81.9 Å². The molecule has 7 heteroatoms. The summed E-state index contributed by atoms with van der Waals surface area (Å²) in [5.74, 6) is 0.260. The van der Waals surface area contributed by atoms with Gasteiger partial charge in [0.1, 0.15) is 18.2 Å². The third-order valence-corrected chi connectivity index (χ3v) is 6.08. The van der Waals surface area contributed by atoms with Gasteiger partial charge < -0.3 is 4.74 Å².